The van der Waals surface area contributed by atoms with Crippen LogP contribution in [0.2, 0.25) is 0 Å². The molecule has 0 aromatic carbocycles. The monoisotopic (exact) mass is 342 g/mol. The first-order valence-electron chi connectivity index (χ1n) is 6.64. The van der Waals surface area contributed by atoms with Gasteiger partial charge in [0.05, 0.1) is 10.3 Å². The van der Waals surface area contributed by atoms with Crippen molar-refractivity contribution in [3.63, 3.8) is 0 Å². The van der Waals surface area contributed by atoms with Crippen LogP contribution in [0.5, 0.6) is 0 Å². The predicted octanol–water partition coefficient (Wildman–Crippen LogP) is 2.93. The number of fused-ring (bicyclic) bond motifs is 2. The number of carbonyl (C=O) groups excluding carboxylic acids is 1. The molecule has 6 heteroatoms. The highest BCUT2D eigenvalue weighted by atomic mass is 79.9. The van der Waals surface area contributed by atoms with Gasteiger partial charge >= 0.3 is 6.09 Å². The molecule has 4 saturated heterocycles. The number of nitrogens with zero attached hydrogens (tertiary/aromatic N) is 2. The van der Waals surface area contributed by atoms with Crippen molar-refractivity contribution in [3.8, 4) is 0 Å². The fourth-order valence-corrected chi connectivity index (χ4v) is 4.98. The van der Waals surface area contributed by atoms with Gasteiger partial charge in [-0.3, -0.25) is 9.80 Å². The van der Waals surface area contributed by atoms with Crippen LogP contribution in [-0.2, 0) is 4.74 Å². The van der Waals surface area contributed by atoms with E-state index < -0.39 is 0 Å². The van der Waals surface area contributed by atoms with Gasteiger partial charge in [-0.1, -0.05) is 0 Å². The van der Waals surface area contributed by atoms with Crippen LogP contribution in [0.25, 0.3) is 0 Å². The first-order chi connectivity index (χ1) is 9.16. The summed E-state index contributed by atoms with van der Waals surface area (Å²) in [6.45, 7) is 3.94. The number of rotatable bonds is 1. The SMILES string of the molecule is O=C1O[C@@]2(CN3CCC2CC3)CN1c1ccc(Br)s1. The number of amides is 1. The van der Waals surface area contributed by atoms with Gasteiger partial charge in [0.25, 0.3) is 0 Å². The zero-order valence-electron chi connectivity index (χ0n) is 10.5. The second-order valence-corrected chi connectivity index (χ2v) is 8.09. The third kappa shape index (κ3) is 1.84. The summed E-state index contributed by atoms with van der Waals surface area (Å²) in [5.74, 6) is 0.537. The highest BCUT2D eigenvalue weighted by Gasteiger charge is 2.55. The van der Waals surface area contributed by atoms with Gasteiger partial charge in [-0.2, -0.15) is 0 Å². The van der Waals surface area contributed by atoms with Crippen molar-refractivity contribution in [3.05, 3.63) is 15.9 Å². The Hall–Kier alpha value is -0.590. The van der Waals surface area contributed by atoms with Gasteiger partial charge in [-0.05, 0) is 54.0 Å². The minimum Gasteiger partial charge on any atom is -0.439 e. The molecule has 0 radical (unpaired) electrons. The summed E-state index contributed by atoms with van der Waals surface area (Å²) in [5.41, 5.74) is -0.260. The maximum atomic E-state index is 12.2. The highest BCUT2D eigenvalue weighted by Crippen LogP contribution is 2.44. The summed E-state index contributed by atoms with van der Waals surface area (Å²) < 4.78 is 6.88. The number of piperidine rings is 3. The lowest BCUT2D eigenvalue weighted by molar-refractivity contribution is -0.0881. The molecule has 2 bridgehead atoms. The van der Waals surface area contributed by atoms with Crippen LogP contribution in [0, 0.1) is 5.92 Å². The topological polar surface area (TPSA) is 32.8 Å². The number of anilines is 1. The van der Waals surface area contributed by atoms with Crippen molar-refractivity contribution in [2.75, 3.05) is 31.1 Å². The number of hydrogen-bond donors (Lipinski definition) is 0. The number of carbonyl (C=O) groups is 1. The van der Waals surface area contributed by atoms with Gasteiger partial charge in [0.2, 0.25) is 0 Å². The summed E-state index contributed by atoms with van der Waals surface area (Å²) in [6, 6.07) is 3.96. The molecule has 5 rings (SSSR count). The van der Waals surface area contributed by atoms with E-state index in [0.29, 0.717) is 12.5 Å². The summed E-state index contributed by atoms with van der Waals surface area (Å²) in [4.78, 5) is 16.4. The average Bonchev–Trinajstić information content (AvgIpc) is 2.95. The third-order valence-electron chi connectivity index (χ3n) is 4.58. The molecule has 0 unspecified atom stereocenters. The minimum absolute atomic E-state index is 0.178. The van der Waals surface area contributed by atoms with Gasteiger partial charge in [-0.25, -0.2) is 4.79 Å². The molecular formula is C13H15BrN2O2S. The predicted molar refractivity (Wildman–Crippen MR) is 77.7 cm³/mol. The summed E-state index contributed by atoms with van der Waals surface area (Å²) >= 11 is 5.04. The summed E-state index contributed by atoms with van der Waals surface area (Å²) in [5, 5.41) is 0.977. The summed E-state index contributed by atoms with van der Waals surface area (Å²) in [7, 11) is 0. The van der Waals surface area contributed by atoms with Gasteiger partial charge < -0.3 is 4.74 Å². The Balaban J connectivity index is 1.63. The van der Waals surface area contributed by atoms with Crippen molar-refractivity contribution < 1.29 is 9.53 Å². The number of thiophene rings is 1. The van der Waals surface area contributed by atoms with Crippen LogP contribution in [-0.4, -0.2) is 42.8 Å². The van der Waals surface area contributed by atoms with E-state index in [-0.39, 0.29) is 11.7 Å². The molecule has 19 heavy (non-hydrogen) atoms. The normalized spacial score (nSPS) is 37.1. The first kappa shape index (κ1) is 12.2. The second-order valence-electron chi connectivity index (χ2n) is 5.65. The number of ether oxygens (including phenoxy) is 1. The van der Waals surface area contributed by atoms with Crippen LogP contribution in [0.15, 0.2) is 15.9 Å². The van der Waals surface area contributed by atoms with Crippen LogP contribution >= 0.6 is 27.3 Å². The number of hydrogen-bond acceptors (Lipinski definition) is 4. The zero-order valence-corrected chi connectivity index (χ0v) is 12.9. The van der Waals surface area contributed by atoms with Gasteiger partial charge in [0, 0.05) is 12.5 Å². The molecule has 4 fully saturated rings. The Bertz CT molecular complexity index is 526. The molecule has 0 saturated carbocycles. The lowest BCUT2D eigenvalue weighted by atomic mass is 9.75. The van der Waals surface area contributed by atoms with E-state index in [1.54, 1.807) is 16.2 Å². The van der Waals surface area contributed by atoms with E-state index in [1.165, 1.54) is 0 Å². The Morgan fingerprint density at radius 1 is 1.32 bits per heavy atom. The van der Waals surface area contributed by atoms with Crippen LogP contribution in [0.1, 0.15) is 12.8 Å². The first-order valence-corrected chi connectivity index (χ1v) is 8.25. The van der Waals surface area contributed by atoms with Crippen molar-refractivity contribution in [1.82, 2.24) is 4.90 Å². The Kier molecular flexibility index (Phi) is 2.69. The molecule has 1 atom stereocenters. The van der Waals surface area contributed by atoms with E-state index >= 15 is 0 Å². The highest BCUT2D eigenvalue weighted by molar-refractivity contribution is 9.11. The van der Waals surface area contributed by atoms with E-state index in [1.807, 2.05) is 12.1 Å². The Labute approximate surface area is 124 Å². The minimum atomic E-state index is -0.260. The fraction of sp³-hybridized carbons (Fsp3) is 0.615. The molecule has 5 heterocycles. The fourth-order valence-electron chi connectivity index (χ4n) is 3.63. The van der Waals surface area contributed by atoms with Crippen LogP contribution in [0.3, 0.4) is 0 Å². The largest absolute Gasteiger partial charge is 0.439 e. The summed E-state index contributed by atoms with van der Waals surface area (Å²) in [6.07, 6.45) is 2.15. The average molecular weight is 343 g/mol. The molecule has 4 aliphatic heterocycles. The molecule has 1 amide bonds. The van der Waals surface area contributed by atoms with E-state index in [2.05, 4.69) is 20.8 Å². The van der Waals surface area contributed by atoms with Crippen LogP contribution in [0.4, 0.5) is 9.80 Å². The smallest absolute Gasteiger partial charge is 0.415 e. The molecule has 0 N–H and O–H groups in total. The maximum Gasteiger partial charge on any atom is 0.415 e. The standard InChI is InChI=1S/C13H15BrN2O2S/c14-10-1-2-11(19-10)16-8-13(18-12(16)17)7-15-5-3-9(13)4-6-15/h1-2,9H,3-8H2/t13-/m0/s1. The lowest BCUT2D eigenvalue weighted by Gasteiger charge is -2.49. The van der Waals surface area contributed by atoms with Crippen molar-refractivity contribution in [2.24, 2.45) is 5.92 Å². The molecule has 1 aromatic heterocycles. The lowest BCUT2D eigenvalue weighted by Crippen LogP contribution is -2.61. The van der Waals surface area contributed by atoms with E-state index in [9.17, 15) is 4.79 Å². The maximum absolute atomic E-state index is 12.2. The number of halogens is 1. The van der Waals surface area contributed by atoms with E-state index in [4.69, 9.17) is 4.74 Å². The Morgan fingerprint density at radius 2 is 2.11 bits per heavy atom. The molecular weight excluding hydrogens is 328 g/mol. The molecule has 0 aliphatic carbocycles. The molecule has 1 aromatic rings. The van der Waals surface area contributed by atoms with Gasteiger partial charge in [0.1, 0.15) is 10.6 Å². The molecule has 4 nitrogen and oxygen atoms in total. The van der Waals surface area contributed by atoms with Crippen LogP contribution < -0.4 is 4.90 Å². The third-order valence-corrected chi connectivity index (χ3v) is 6.23. The molecule has 102 valence electrons. The van der Waals surface area contributed by atoms with Gasteiger partial charge in [-0.15, -0.1) is 11.3 Å². The van der Waals surface area contributed by atoms with Crippen molar-refractivity contribution in [1.29, 1.82) is 0 Å². The van der Waals surface area contributed by atoms with Crippen molar-refractivity contribution >= 4 is 38.4 Å². The van der Waals surface area contributed by atoms with E-state index in [0.717, 1.165) is 41.3 Å². The molecule has 1 spiro atoms. The zero-order chi connectivity index (χ0) is 13.0. The van der Waals surface area contributed by atoms with Gasteiger partial charge in [0.15, 0.2) is 0 Å². The molecule has 4 aliphatic rings. The van der Waals surface area contributed by atoms with Crippen molar-refractivity contribution in [2.45, 2.75) is 18.4 Å². The Morgan fingerprint density at radius 3 is 2.68 bits per heavy atom. The second kappa shape index (κ2) is 4.20. The quantitative estimate of drug-likeness (QED) is 0.786.